The Labute approximate surface area is 105 Å². The summed E-state index contributed by atoms with van der Waals surface area (Å²) in [6.45, 7) is 4.06. The molecule has 0 aliphatic carbocycles. The van der Waals surface area contributed by atoms with Crippen LogP contribution in [0.15, 0.2) is 24.4 Å². The summed E-state index contributed by atoms with van der Waals surface area (Å²) in [5, 5.41) is 0.261. The summed E-state index contributed by atoms with van der Waals surface area (Å²) >= 11 is 5.81. The van der Waals surface area contributed by atoms with Crippen LogP contribution in [0.2, 0.25) is 5.28 Å². The van der Waals surface area contributed by atoms with E-state index in [0.29, 0.717) is 0 Å². The topological polar surface area (TPSA) is 35.0 Å². The molecule has 0 saturated carbocycles. The Morgan fingerprint density at radius 1 is 1.18 bits per heavy atom. The van der Waals surface area contributed by atoms with Crippen molar-refractivity contribution >= 4 is 11.6 Å². The molecule has 1 heterocycles. The van der Waals surface area contributed by atoms with Crippen molar-refractivity contribution in [2.45, 2.75) is 13.8 Å². The zero-order valence-electron chi connectivity index (χ0n) is 9.99. The van der Waals surface area contributed by atoms with E-state index >= 15 is 0 Å². The number of aryl methyl sites for hydroxylation is 2. The van der Waals surface area contributed by atoms with Crippen LogP contribution in [0, 0.1) is 13.8 Å². The van der Waals surface area contributed by atoms with Crippen molar-refractivity contribution in [3.8, 4) is 17.0 Å². The minimum Gasteiger partial charge on any atom is -0.497 e. The maximum absolute atomic E-state index is 5.81. The van der Waals surface area contributed by atoms with Crippen molar-refractivity contribution in [1.82, 2.24) is 9.97 Å². The predicted octanol–water partition coefficient (Wildman–Crippen LogP) is 3.42. The van der Waals surface area contributed by atoms with Crippen molar-refractivity contribution in [2.24, 2.45) is 0 Å². The van der Waals surface area contributed by atoms with Gasteiger partial charge >= 0.3 is 0 Å². The maximum Gasteiger partial charge on any atom is 0.222 e. The van der Waals surface area contributed by atoms with Gasteiger partial charge in [0.2, 0.25) is 5.28 Å². The normalized spacial score (nSPS) is 10.4. The molecule has 0 fully saturated rings. The standard InChI is InChI=1S/C13H13ClN2O/c1-8-6-10(17-3)7-9(2)12(8)11-4-5-15-13(14)16-11/h4-7H,1-3H3. The van der Waals surface area contributed by atoms with Crippen molar-refractivity contribution < 1.29 is 4.74 Å². The number of ether oxygens (including phenoxy) is 1. The minimum atomic E-state index is 0.261. The molecule has 0 radical (unpaired) electrons. The summed E-state index contributed by atoms with van der Waals surface area (Å²) in [4.78, 5) is 8.12. The number of rotatable bonds is 2. The lowest BCUT2D eigenvalue weighted by atomic mass is 9.99. The van der Waals surface area contributed by atoms with Gasteiger partial charge in [-0.3, -0.25) is 0 Å². The van der Waals surface area contributed by atoms with E-state index in [0.717, 1.165) is 28.1 Å². The number of aromatic nitrogens is 2. The Hall–Kier alpha value is -1.61. The maximum atomic E-state index is 5.81. The van der Waals surface area contributed by atoms with E-state index in [4.69, 9.17) is 16.3 Å². The highest BCUT2D eigenvalue weighted by Gasteiger charge is 2.09. The number of nitrogens with zero attached hydrogens (tertiary/aromatic N) is 2. The molecule has 0 saturated heterocycles. The van der Waals surface area contributed by atoms with Gasteiger partial charge in [-0.05, 0) is 54.8 Å². The SMILES string of the molecule is COc1cc(C)c(-c2ccnc(Cl)n2)c(C)c1. The van der Waals surface area contributed by atoms with Crippen LogP contribution in [0.5, 0.6) is 5.75 Å². The van der Waals surface area contributed by atoms with Crippen LogP contribution >= 0.6 is 11.6 Å². The van der Waals surface area contributed by atoms with E-state index in [-0.39, 0.29) is 5.28 Å². The summed E-state index contributed by atoms with van der Waals surface area (Å²) in [7, 11) is 1.66. The van der Waals surface area contributed by atoms with E-state index in [1.807, 2.05) is 32.0 Å². The first-order chi connectivity index (χ1) is 8.11. The van der Waals surface area contributed by atoms with Gasteiger partial charge in [0, 0.05) is 11.8 Å². The lowest BCUT2D eigenvalue weighted by Gasteiger charge is -2.11. The first-order valence-corrected chi connectivity index (χ1v) is 5.64. The van der Waals surface area contributed by atoms with Gasteiger partial charge in [0.1, 0.15) is 5.75 Å². The molecule has 17 heavy (non-hydrogen) atoms. The number of methoxy groups -OCH3 is 1. The van der Waals surface area contributed by atoms with Crippen LogP contribution in [-0.4, -0.2) is 17.1 Å². The van der Waals surface area contributed by atoms with Crippen LogP contribution in [-0.2, 0) is 0 Å². The van der Waals surface area contributed by atoms with Crippen LogP contribution < -0.4 is 4.74 Å². The molecule has 0 unspecified atom stereocenters. The second kappa shape index (κ2) is 4.72. The number of halogens is 1. The predicted molar refractivity (Wildman–Crippen MR) is 68.5 cm³/mol. The summed E-state index contributed by atoms with van der Waals surface area (Å²) in [6, 6.07) is 5.82. The summed E-state index contributed by atoms with van der Waals surface area (Å²) in [5.41, 5.74) is 4.13. The van der Waals surface area contributed by atoms with Gasteiger partial charge in [-0.1, -0.05) is 0 Å². The third-order valence-electron chi connectivity index (χ3n) is 2.62. The molecule has 0 amide bonds. The molecule has 4 heteroatoms. The molecule has 0 spiro atoms. The monoisotopic (exact) mass is 248 g/mol. The summed E-state index contributed by atoms with van der Waals surface area (Å²) < 4.78 is 5.23. The van der Waals surface area contributed by atoms with E-state index in [2.05, 4.69) is 9.97 Å². The fraction of sp³-hybridized carbons (Fsp3) is 0.231. The lowest BCUT2D eigenvalue weighted by Crippen LogP contribution is -1.94. The van der Waals surface area contributed by atoms with Gasteiger partial charge < -0.3 is 4.74 Å². The lowest BCUT2D eigenvalue weighted by molar-refractivity contribution is 0.414. The second-order valence-corrected chi connectivity index (χ2v) is 4.19. The Kier molecular flexibility index (Phi) is 3.29. The fourth-order valence-corrected chi connectivity index (χ4v) is 2.07. The Balaban J connectivity index is 2.60. The minimum absolute atomic E-state index is 0.261. The third kappa shape index (κ3) is 2.39. The fourth-order valence-electron chi connectivity index (χ4n) is 1.92. The molecule has 0 aliphatic rings. The molecule has 0 N–H and O–H groups in total. The van der Waals surface area contributed by atoms with Crippen molar-refractivity contribution in [3.63, 3.8) is 0 Å². The van der Waals surface area contributed by atoms with Crippen LogP contribution in [0.25, 0.3) is 11.3 Å². The van der Waals surface area contributed by atoms with Crippen LogP contribution in [0.1, 0.15) is 11.1 Å². The van der Waals surface area contributed by atoms with E-state index in [9.17, 15) is 0 Å². The molecule has 88 valence electrons. The van der Waals surface area contributed by atoms with E-state index in [1.165, 1.54) is 0 Å². The highest BCUT2D eigenvalue weighted by Crippen LogP contribution is 2.29. The molecule has 0 bridgehead atoms. The summed E-state index contributed by atoms with van der Waals surface area (Å²) in [6.07, 6.45) is 1.66. The molecule has 0 atom stereocenters. The summed E-state index contributed by atoms with van der Waals surface area (Å²) in [5.74, 6) is 0.851. The van der Waals surface area contributed by atoms with E-state index in [1.54, 1.807) is 13.3 Å². The second-order valence-electron chi connectivity index (χ2n) is 3.85. The average molecular weight is 249 g/mol. The first-order valence-electron chi connectivity index (χ1n) is 5.26. The number of hydrogen-bond donors (Lipinski definition) is 0. The molecular formula is C13H13ClN2O. The van der Waals surface area contributed by atoms with Crippen LogP contribution in [0.4, 0.5) is 0 Å². The van der Waals surface area contributed by atoms with Gasteiger partial charge in [0.15, 0.2) is 0 Å². The van der Waals surface area contributed by atoms with Crippen molar-refractivity contribution in [1.29, 1.82) is 0 Å². The zero-order valence-corrected chi connectivity index (χ0v) is 10.7. The molecule has 3 nitrogen and oxygen atoms in total. The average Bonchev–Trinajstić information content (AvgIpc) is 2.28. The zero-order chi connectivity index (χ0) is 12.4. The molecule has 1 aromatic carbocycles. The smallest absolute Gasteiger partial charge is 0.222 e. The molecule has 2 rings (SSSR count). The number of benzene rings is 1. The molecule has 2 aromatic rings. The van der Waals surface area contributed by atoms with E-state index < -0.39 is 0 Å². The van der Waals surface area contributed by atoms with Crippen LogP contribution in [0.3, 0.4) is 0 Å². The van der Waals surface area contributed by atoms with Gasteiger partial charge in [-0.15, -0.1) is 0 Å². The highest BCUT2D eigenvalue weighted by atomic mass is 35.5. The Bertz CT molecular complexity index is 532. The molecule has 0 aliphatic heterocycles. The van der Waals surface area contributed by atoms with Gasteiger partial charge in [-0.2, -0.15) is 0 Å². The van der Waals surface area contributed by atoms with Gasteiger partial charge in [-0.25, -0.2) is 9.97 Å². The molecule has 1 aromatic heterocycles. The van der Waals surface area contributed by atoms with Crippen molar-refractivity contribution in [2.75, 3.05) is 7.11 Å². The quantitative estimate of drug-likeness (QED) is 0.764. The van der Waals surface area contributed by atoms with Crippen molar-refractivity contribution in [3.05, 3.63) is 40.8 Å². The van der Waals surface area contributed by atoms with Gasteiger partial charge in [0.25, 0.3) is 0 Å². The highest BCUT2D eigenvalue weighted by molar-refractivity contribution is 6.28. The molecular weight excluding hydrogens is 236 g/mol. The first kappa shape index (κ1) is 11.9. The number of hydrogen-bond acceptors (Lipinski definition) is 3. The Morgan fingerprint density at radius 2 is 1.82 bits per heavy atom. The van der Waals surface area contributed by atoms with Gasteiger partial charge in [0.05, 0.1) is 12.8 Å². The Morgan fingerprint density at radius 3 is 2.35 bits per heavy atom. The largest absolute Gasteiger partial charge is 0.497 e. The third-order valence-corrected chi connectivity index (χ3v) is 2.81.